The zero-order valence-corrected chi connectivity index (χ0v) is 21.8. The third-order valence-corrected chi connectivity index (χ3v) is 9.60. The number of likely N-dealkylation sites (N-methyl/N-ethyl adjacent to an activating group) is 1. The van der Waals surface area contributed by atoms with Gasteiger partial charge in [-0.1, -0.05) is 12.8 Å². The lowest BCUT2D eigenvalue weighted by Crippen LogP contribution is -2.65. The van der Waals surface area contributed by atoms with Crippen molar-refractivity contribution in [2.45, 2.75) is 69.3 Å². The average Bonchev–Trinajstić information content (AvgIpc) is 3.55. The summed E-state index contributed by atoms with van der Waals surface area (Å²) >= 11 is 0. The van der Waals surface area contributed by atoms with E-state index in [0.29, 0.717) is 24.2 Å². The highest BCUT2D eigenvalue weighted by atomic mass is 19.1. The molecule has 0 aromatic heterocycles. The largest absolute Gasteiger partial charge is 0.508 e. The van der Waals surface area contributed by atoms with E-state index in [1.807, 2.05) is 0 Å². The summed E-state index contributed by atoms with van der Waals surface area (Å²) in [5.74, 6) is -7.84. The van der Waals surface area contributed by atoms with E-state index in [0.717, 1.165) is 25.7 Å². The molecule has 1 aliphatic heterocycles. The molecule has 5 aliphatic rings. The first-order valence-electron chi connectivity index (χ1n) is 13.3. The number of phenols is 1. The van der Waals surface area contributed by atoms with Gasteiger partial charge in [0.15, 0.2) is 11.4 Å². The second-order valence-corrected chi connectivity index (χ2v) is 11.8. The zero-order chi connectivity index (χ0) is 28.1. The molecule has 6 rings (SSSR count). The molecule has 2 saturated carbocycles. The number of aliphatic hydroxyl groups excluding tert-OH is 2. The summed E-state index contributed by atoms with van der Waals surface area (Å²) in [4.78, 5) is 42.7. The molecular formula is C28H32FN3O7. The molecule has 4 aliphatic carbocycles. The van der Waals surface area contributed by atoms with Crippen molar-refractivity contribution in [1.82, 2.24) is 9.80 Å². The molecule has 0 unspecified atom stereocenters. The number of hydrogen-bond donors (Lipinski definition) is 5. The van der Waals surface area contributed by atoms with E-state index in [-0.39, 0.29) is 41.3 Å². The Kier molecular flexibility index (Phi) is 5.73. The first kappa shape index (κ1) is 26.0. The number of aliphatic hydroxyl groups is 3. The van der Waals surface area contributed by atoms with Crippen LogP contribution in [0, 0.1) is 17.7 Å². The first-order valence-corrected chi connectivity index (χ1v) is 13.3. The molecule has 1 aromatic rings. The molecule has 0 saturated heterocycles. The fourth-order valence-corrected chi connectivity index (χ4v) is 7.76. The molecule has 1 aromatic carbocycles. The van der Waals surface area contributed by atoms with E-state index in [2.05, 4.69) is 4.90 Å². The Morgan fingerprint density at radius 3 is 2.33 bits per heavy atom. The van der Waals surface area contributed by atoms with Crippen LogP contribution in [0.2, 0.25) is 0 Å². The summed E-state index contributed by atoms with van der Waals surface area (Å²) in [6.07, 6.45) is 4.06. The number of nitrogens with two attached hydrogens (primary N) is 1. The third kappa shape index (κ3) is 3.33. The lowest BCUT2D eigenvalue weighted by Gasteiger charge is -2.50. The molecule has 10 nitrogen and oxygen atoms in total. The highest BCUT2D eigenvalue weighted by Gasteiger charge is 2.64. The predicted molar refractivity (Wildman–Crippen MR) is 136 cm³/mol. The lowest BCUT2D eigenvalue weighted by atomic mass is 9.57. The number of amides is 1. The summed E-state index contributed by atoms with van der Waals surface area (Å²) in [5.41, 5.74) is 2.16. The van der Waals surface area contributed by atoms with Crippen LogP contribution < -0.4 is 5.73 Å². The lowest BCUT2D eigenvalue weighted by molar-refractivity contribution is -0.153. The van der Waals surface area contributed by atoms with Crippen LogP contribution in [0.3, 0.4) is 0 Å². The van der Waals surface area contributed by atoms with Crippen LogP contribution in [0.1, 0.15) is 54.4 Å². The van der Waals surface area contributed by atoms with Crippen LogP contribution in [0.4, 0.5) is 4.39 Å². The second kappa shape index (κ2) is 8.61. The molecule has 1 amide bonds. The molecule has 11 heteroatoms. The minimum absolute atomic E-state index is 0.0510. The topological polar surface area (TPSA) is 165 Å². The minimum atomic E-state index is -2.71. The Morgan fingerprint density at radius 2 is 1.72 bits per heavy atom. The van der Waals surface area contributed by atoms with Crippen LogP contribution in [0.25, 0.3) is 5.76 Å². The van der Waals surface area contributed by atoms with Gasteiger partial charge in [0, 0.05) is 47.3 Å². The maximum Gasteiger partial charge on any atom is 0.255 e. The summed E-state index contributed by atoms with van der Waals surface area (Å²) in [6, 6.07) is -0.892. The fourth-order valence-electron chi connectivity index (χ4n) is 7.76. The standard InChI is InChI=1S/C28H32FN3O7/c1-31(2)21-16-8-11-7-13-18(22(33)15-10-32(9-14(15)20(13)29)12-5-3-4-6-12)23(34)17(11)25(36)28(16,39)26(37)19(24(21)35)27(30)38/h11-12,16,21,33-34,37,39H,3-10H2,1-2H3,(H2,30,38)/t11-,16-,21-,28-/m0/s1. The normalized spacial score (nSPS) is 31.1. The number of phenolic OH excluding ortho intramolecular Hbond substituents is 1. The summed E-state index contributed by atoms with van der Waals surface area (Å²) < 4.78 is 16.0. The maximum atomic E-state index is 16.0. The van der Waals surface area contributed by atoms with Gasteiger partial charge in [-0.05, 0) is 45.7 Å². The van der Waals surface area contributed by atoms with Crippen molar-refractivity contribution in [3.8, 4) is 5.75 Å². The number of rotatable bonds is 3. The van der Waals surface area contributed by atoms with Gasteiger partial charge in [0.05, 0.1) is 11.6 Å². The molecule has 4 atom stereocenters. The van der Waals surface area contributed by atoms with Crippen molar-refractivity contribution >= 4 is 23.2 Å². The molecular weight excluding hydrogens is 509 g/mol. The SMILES string of the molecule is CN(C)[C@@H]1C(=O)C(C(N)=O)=C(O)[C@@]2(O)C(=O)C3=C(O)c4c(O)c5c(c(F)c4C[C@H]3C[C@@H]12)CN(C1CCCC1)C5. The van der Waals surface area contributed by atoms with E-state index in [1.165, 1.54) is 19.0 Å². The van der Waals surface area contributed by atoms with E-state index in [9.17, 15) is 34.8 Å². The van der Waals surface area contributed by atoms with Crippen molar-refractivity contribution in [3.63, 3.8) is 0 Å². The molecule has 2 fully saturated rings. The molecule has 0 spiro atoms. The molecule has 39 heavy (non-hydrogen) atoms. The number of benzene rings is 1. The molecule has 0 radical (unpaired) electrons. The Morgan fingerprint density at radius 1 is 1.08 bits per heavy atom. The number of fused-ring (bicyclic) bond motifs is 4. The van der Waals surface area contributed by atoms with Crippen LogP contribution in [-0.2, 0) is 33.9 Å². The predicted octanol–water partition coefficient (Wildman–Crippen LogP) is 1.36. The number of halogens is 1. The second-order valence-electron chi connectivity index (χ2n) is 11.8. The van der Waals surface area contributed by atoms with Gasteiger partial charge in [-0.2, -0.15) is 0 Å². The molecule has 1 heterocycles. The van der Waals surface area contributed by atoms with Crippen molar-refractivity contribution in [2.24, 2.45) is 17.6 Å². The van der Waals surface area contributed by atoms with Crippen LogP contribution in [0.5, 0.6) is 5.75 Å². The van der Waals surface area contributed by atoms with Gasteiger partial charge in [-0.3, -0.25) is 24.2 Å². The van der Waals surface area contributed by atoms with Crippen molar-refractivity contribution < 1.29 is 39.2 Å². The van der Waals surface area contributed by atoms with Gasteiger partial charge in [-0.25, -0.2) is 4.39 Å². The quantitative estimate of drug-likeness (QED) is 0.355. The van der Waals surface area contributed by atoms with Crippen LogP contribution in [-0.4, -0.2) is 79.5 Å². The number of nitrogens with zero attached hydrogens (tertiary/aromatic N) is 2. The number of aromatic hydroxyl groups is 1. The van der Waals surface area contributed by atoms with Gasteiger partial charge in [0.1, 0.15) is 28.7 Å². The minimum Gasteiger partial charge on any atom is -0.508 e. The number of primary amides is 1. The Hall–Kier alpha value is -3.28. The van der Waals surface area contributed by atoms with E-state index < -0.39 is 63.9 Å². The third-order valence-electron chi connectivity index (χ3n) is 9.60. The summed E-state index contributed by atoms with van der Waals surface area (Å²) in [7, 11) is 3.06. The molecule has 6 N–H and O–H groups in total. The number of carbonyl (C=O) groups excluding carboxylic acids is 3. The van der Waals surface area contributed by atoms with Crippen LogP contribution in [0.15, 0.2) is 16.9 Å². The monoisotopic (exact) mass is 541 g/mol. The Bertz CT molecular complexity index is 1410. The smallest absolute Gasteiger partial charge is 0.255 e. The average molecular weight is 542 g/mol. The summed E-state index contributed by atoms with van der Waals surface area (Å²) in [6.45, 7) is 0.669. The molecule has 0 bridgehead atoms. The van der Waals surface area contributed by atoms with E-state index in [4.69, 9.17) is 5.73 Å². The first-order chi connectivity index (χ1) is 18.4. The highest BCUT2D eigenvalue weighted by molar-refractivity contribution is 6.24. The Balaban J connectivity index is 1.50. The molecule has 208 valence electrons. The Labute approximate surface area is 224 Å². The van der Waals surface area contributed by atoms with Gasteiger partial charge >= 0.3 is 0 Å². The van der Waals surface area contributed by atoms with E-state index >= 15 is 4.39 Å². The summed E-state index contributed by atoms with van der Waals surface area (Å²) in [5, 5.41) is 45.2. The zero-order valence-electron chi connectivity index (χ0n) is 21.8. The fraction of sp³-hybridized carbons (Fsp3) is 0.536. The van der Waals surface area contributed by atoms with Crippen LogP contribution >= 0.6 is 0 Å². The van der Waals surface area contributed by atoms with Gasteiger partial charge in [-0.15, -0.1) is 0 Å². The van der Waals surface area contributed by atoms with Crippen molar-refractivity contribution in [2.75, 3.05) is 14.1 Å². The van der Waals surface area contributed by atoms with Crippen molar-refractivity contribution in [3.05, 3.63) is 45.0 Å². The van der Waals surface area contributed by atoms with E-state index in [1.54, 1.807) is 0 Å². The maximum absolute atomic E-state index is 16.0. The van der Waals surface area contributed by atoms with Crippen molar-refractivity contribution in [1.29, 1.82) is 0 Å². The van der Waals surface area contributed by atoms with Gasteiger partial charge in [0.2, 0.25) is 5.78 Å². The van der Waals surface area contributed by atoms with Gasteiger partial charge in [0.25, 0.3) is 5.91 Å². The number of carbonyl (C=O) groups is 3. The number of Topliss-reactive ketones (excluding diaryl/α,β-unsaturated/α-hetero) is 2. The van der Waals surface area contributed by atoms with Gasteiger partial charge < -0.3 is 26.2 Å². The number of hydrogen-bond acceptors (Lipinski definition) is 9. The number of ketones is 2. The highest BCUT2D eigenvalue weighted by Crippen LogP contribution is 2.54.